The lowest BCUT2D eigenvalue weighted by molar-refractivity contribution is -0.132. The van der Waals surface area contributed by atoms with E-state index in [2.05, 4.69) is 4.98 Å². The number of rotatable bonds is 11. The van der Waals surface area contributed by atoms with Gasteiger partial charge in [-0.25, -0.2) is 13.4 Å². The Bertz CT molecular complexity index is 1300. The van der Waals surface area contributed by atoms with Gasteiger partial charge in [-0.2, -0.15) is 0 Å². The molecule has 3 aromatic rings. The summed E-state index contributed by atoms with van der Waals surface area (Å²) in [5, 5.41) is 0.0621. The Hall–Kier alpha value is -2.97. The van der Waals surface area contributed by atoms with E-state index >= 15 is 0 Å². The Labute approximate surface area is 220 Å². The Kier molecular flexibility index (Phi) is 8.82. The van der Waals surface area contributed by atoms with Crippen molar-refractivity contribution in [3.05, 3.63) is 83.2 Å². The second-order valence-electron chi connectivity index (χ2n) is 10.3. The zero-order valence-corrected chi connectivity index (χ0v) is 22.8. The molecule has 0 N–H and O–H groups in total. The molecule has 1 fully saturated rings. The minimum Gasteiger partial charge on any atom is -0.376 e. The van der Waals surface area contributed by atoms with Gasteiger partial charge in [0.2, 0.25) is 20.9 Å². The number of imidazole rings is 1. The van der Waals surface area contributed by atoms with E-state index in [1.165, 1.54) is 0 Å². The van der Waals surface area contributed by atoms with Crippen LogP contribution in [-0.2, 0) is 44.6 Å². The minimum absolute atomic E-state index is 0.00884. The van der Waals surface area contributed by atoms with E-state index in [1.807, 2.05) is 75.4 Å². The van der Waals surface area contributed by atoms with Crippen LogP contribution in [0.3, 0.4) is 0 Å². The molecule has 4 rings (SSSR count). The number of amides is 1. The van der Waals surface area contributed by atoms with Crippen molar-refractivity contribution in [2.45, 2.75) is 70.1 Å². The number of nitrogens with zero attached hydrogens (tertiary/aromatic N) is 3. The average molecular weight is 524 g/mol. The van der Waals surface area contributed by atoms with Gasteiger partial charge in [-0.15, -0.1) is 0 Å². The molecule has 2 heterocycles. The van der Waals surface area contributed by atoms with Gasteiger partial charge in [-0.05, 0) is 42.4 Å². The second kappa shape index (κ2) is 12.0. The molecule has 1 aliphatic rings. The van der Waals surface area contributed by atoms with Gasteiger partial charge in [-0.3, -0.25) is 4.79 Å². The lowest BCUT2D eigenvalue weighted by Crippen LogP contribution is -2.38. The fraction of sp³-hybridized carbons (Fsp3) is 0.448. The third-order valence-corrected chi connectivity index (χ3v) is 8.26. The van der Waals surface area contributed by atoms with Crippen LogP contribution in [0.4, 0.5) is 0 Å². The van der Waals surface area contributed by atoms with Gasteiger partial charge in [0.1, 0.15) is 0 Å². The minimum atomic E-state index is -3.69. The molecule has 0 radical (unpaired) electrons. The number of sulfone groups is 1. The van der Waals surface area contributed by atoms with Crippen molar-refractivity contribution >= 4 is 15.7 Å². The van der Waals surface area contributed by atoms with E-state index in [1.54, 1.807) is 15.7 Å². The number of ether oxygens (including phenoxy) is 1. The van der Waals surface area contributed by atoms with Gasteiger partial charge in [0.05, 0.1) is 36.7 Å². The smallest absolute Gasteiger partial charge is 0.228 e. The van der Waals surface area contributed by atoms with Crippen molar-refractivity contribution in [1.82, 2.24) is 14.5 Å². The number of carbonyl (C=O) groups excluding carboxylic acids is 1. The van der Waals surface area contributed by atoms with Crippen LogP contribution in [0, 0.1) is 12.8 Å². The van der Waals surface area contributed by atoms with Crippen LogP contribution in [0.1, 0.15) is 49.1 Å². The molecule has 0 aliphatic carbocycles. The summed E-state index contributed by atoms with van der Waals surface area (Å²) >= 11 is 0. The van der Waals surface area contributed by atoms with Crippen molar-refractivity contribution in [2.24, 2.45) is 5.92 Å². The third-order valence-electron chi connectivity index (χ3n) is 6.69. The largest absolute Gasteiger partial charge is 0.376 e. The highest BCUT2D eigenvalue weighted by atomic mass is 32.2. The van der Waals surface area contributed by atoms with Gasteiger partial charge < -0.3 is 14.2 Å². The molecule has 1 atom stereocenters. The van der Waals surface area contributed by atoms with Crippen LogP contribution in [-0.4, -0.2) is 48.0 Å². The predicted octanol–water partition coefficient (Wildman–Crippen LogP) is 4.57. The maximum atomic E-state index is 13.5. The zero-order chi connectivity index (χ0) is 26.4. The molecule has 2 aromatic carbocycles. The summed E-state index contributed by atoms with van der Waals surface area (Å²) in [6.07, 6.45) is 3.79. The number of hydrogen-bond acceptors (Lipinski definition) is 5. The summed E-state index contributed by atoms with van der Waals surface area (Å²) in [4.78, 5) is 19.6. The van der Waals surface area contributed by atoms with Crippen molar-refractivity contribution < 1.29 is 17.9 Å². The number of aromatic nitrogens is 2. The van der Waals surface area contributed by atoms with E-state index in [4.69, 9.17) is 4.74 Å². The summed E-state index contributed by atoms with van der Waals surface area (Å²) in [6.45, 7) is 7.97. The Morgan fingerprint density at radius 2 is 1.86 bits per heavy atom. The molecule has 7 nitrogen and oxygen atoms in total. The third kappa shape index (κ3) is 7.08. The molecule has 1 amide bonds. The van der Waals surface area contributed by atoms with E-state index in [-0.39, 0.29) is 41.8 Å². The van der Waals surface area contributed by atoms with Crippen molar-refractivity contribution in [1.29, 1.82) is 0 Å². The van der Waals surface area contributed by atoms with Gasteiger partial charge in [0.15, 0.2) is 0 Å². The highest BCUT2D eigenvalue weighted by Crippen LogP contribution is 2.23. The standard InChI is InChI=1S/C29H37N3O4S/c1-22(2)18-32-26(17-30-29(32)37(34,35)21-25-13-8-7-10-23(25)3)19-31(20-27-14-9-15-36-27)28(33)16-24-11-5-4-6-12-24/h4-8,10-13,17,22,27H,9,14-16,18-21H2,1-3H3/t27-/m1/s1. The summed E-state index contributed by atoms with van der Waals surface area (Å²) in [5.41, 5.74) is 3.36. The predicted molar refractivity (Wildman–Crippen MR) is 144 cm³/mol. The van der Waals surface area contributed by atoms with Gasteiger partial charge in [0, 0.05) is 19.7 Å². The number of aryl methyl sites for hydroxylation is 1. The van der Waals surface area contributed by atoms with Crippen LogP contribution >= 0.6 is 0 Å². The molecule has 198 valence electrons. The lowest BCUT2D eigenvalue weighted by atomic mass is 10.1. The van der Waals surface area contributed by atoms with Gasteiger partial charge >= 0.3 is 0 Å². The zero-order valence-electron chi connectivity index (χ0n) is 22.0. The maximum Gasteiger partial charge on any atom is 0.228 e. The first kappa shape index (κ1) is 27.1. The fourth-order valence-electron chi connectivity index (χ4n) is 4.73. The molecule has 1 aliphatic heterocycles. The Morgan fingerprint density at radius 1 is 1.14 bits per heavy atom. The monoisotopic (exact) mass is 523 g/mol. The molecule has 1 aromatic heterocycles. The number of hydrogen-bond donors (Lipinski definition) is 0. The number of carbonyl (C=O) groups is 1. The highest BCUT2D eigenvalue weighted by Gasteiger charge is 2.28. The average Bonchev–Trinajstić information content (AvgIpc) is 3.51. The normalized spacial score (nSPS) is 15.8. The Morgan fingerprint density at radius 3 is 2.54 bits per heavy atom. The summed E-state index contributed by atoms with van der Waals surface area (Å²) in [6, 6.07) is 17.2. The van der Waals surface area contributed by atoms with E-state index in [0.717, 1.165) is 35.2 Å². The maximum absolute atomic E-state index is 13.5. The summed E-state index contributed by atoms with van der Waals surface area (Å²) in [7, 11) is -3.69. The second-order valence-corrected chi connectivity index (χ2v) is 12.2. The molecular formula is C29H37N3O4S. The van der Waals surface area contributed by atoms with E-state index in [9.17, 15) is 13.2 Å². The van der Waals surface area contributed by atoms with Gasteiger partial charge in [-0.1, -0.05) is 68.4 Å². The molecule has 0 saturated carbocycles. The molecule has 0 unspecified atom stereocenters. The fourth-order valence-corrected chi connectivity index (χ4v) is 6.34. The van der Waals surface area contributed by atoms with Crippen LogP contribution in [0.5, 0.6) is 0 Å². The summed E-state index contributed by atoms with van der Waals surface area (Å²) < 4.78 is 34.7. The van der Waals surface area contributed by atoms with Crippen molar-refractivity contribution in [3.8, 4) is 0 Å². The van der Waals surface area contributed by atoms with Crippen LogP contribution in [0.25, 0.3) is 0 Å². The highest BCUT2D eigenvalue weighted by molar-refractivity contribution is 7.90. The molecule has 8 heteroatoms. The van der Waals surface area contributed by atoms with Crippen LogP contribution < -0.4 is 0 Å². The first-order valence-corrected chi connectivity index (χ1v) is 14.6. The quantitative estimate of drug-likeness (QED) is 0.368. The molecular weight excluding hydrogens is 486 g/mol. The van der Waals surface area contributed by atoms with Crippen molar-refractivity contribution in [2.75, 3.05) is 13.2 Å². The SMILES string of the molecule is Cc1ccccc1CS(=O)(=O)c1ncc(CN(C[C@H]2CCCO2)C(=O)Cc2ccccc2)n1CC(C)C. The Balaban J connectivity index is 1.63. The van der Waals surface area contributed by atoms with Crippen molar-refractivity contribution in [3.63, 3.8) is 0 Å². The molecule has 37 heavy (non-hydrogen) atoms. The molecule has 1 saturated heterocycles. The first-order valence-electron chi connectivity index (χ1n) is 13.0. The topological polar surface area (TPSA) is 81.5 Å². The van der Waals surface area contributed by atoms with Crippen LogP contribution in [0.2, 0.25) is 0 Å². The van der Waals surface area contributed by atoms with Crippen LogP contribution in [0.15, 0.2) is 66.0 Å². The molecule has 0 bridgehead atoms. The number of benzene rings is 2. The van der Waals surface area contributed by atoms with Gasteiger partial charge in [0.25, 0.3) is 0 Å². The molecule has 0 spiro atoms. The lowest BCUT2D eigenvalue weighted by Gasteiger charge is -2.26. The van der Waals surface area contributed by atoms with E-state index in [0.29, 0.717) is 19.7 Å². The summed E-state index contributed by atoms with van der Waals surface area (Å²) in [5.74, 6) is 0.0798. The first-order chi connectivity index (χ1) is 17.7. The van der Waals surface area contributed by atoms with E-state index < -0.39 is 9.84 Å².